The number of carbonyl (C=O) groups excluding carboxylic acids is 2. The predicted octanol–water partition coefficient (Wildman–Crippen LogP) is 2.88. The molecule has 1 aromatic heterocycles. The minimum atomic E-state index is -0.764. The van der Waals surface area contributed by atoms with Crippen molar-refractivity contribution in [3.05, 3.63) is 78.6 Å². The third-order valence-electron chi connectivity index (χ3n) is 7.75. The molecule has 2 aliphatic heterocycles. The number of aliphatic hydroxyl groups excluding tert-OH is 1. The number of hydrogen-bond acceptors (Lipinski definition) is 6. The molecule has 3 heterocycles. The summed E-state index contributed by atoms with van der Waals surface area (Å²) in [5.41, 5.74) is 1.93. The van der Waals surface area contributed by atoms with Crippen LogP contribution in [0, 0.1) is 5.92 Å². The largest absolute Gasteiger partial charge is 0.390 e. The van der Waals surface area contributed by atoms with Crippen molar-refractivity contribution < 1.29 is 14.7 Å². The molecule has 2 fully saturated rings. The first kappa shape index (κ1) is 29.9. The highest BCUT2D eigenvalue weighted by Gasteiger charge is 2.40. The molecule has 0 radical (unpaired) electrons. The Hall–Kier alpha value is -3.07. The smallest absolute Gasteiger partial charge is 0.239 e. The van der Waals surface area contributed by atoms with Crippen LogP contribution in [0.4, 0.5) is 0 Å². The fraction of sp³-hybridized carbons (Fsp3) is 0.531. The maximum Gasteiger partial charge on any atom is 0.239 e. The standard InChI is InChI=1S/C32H45N5O3/c1-5-10-26-18-27(17-24-11-7-6-8-12-24)37(31(26)40)22-28(38)21-36-16-15-35(20-25-13-9-14-33-19-25)23-29(36)30(39)34-32(2,3)4/h5-9,11-14,19,26-29,38H,1,10,15-18,20-23H2,2-4H3,(H,34,39). The number of piperazine rings is 1. The average Bonchev–Trinajstić information content (AvgIpc) is 3.18. The number of aliphatic hydroxyl groups is 1. The van der Waals surface area contributed by atoms with Gasteiger partial charge in [0, 0.05) is 69.2 Å². The number of rotatable bonds is 11. The summed E-state index contributed by atoms with van der Waals surface area (Å²) in [6.45, 7) is 13.1. The fourth-order valence-corrected chi connectivity index (χ4v) is 5.93. The topological polar surface area (TPSA) is 89.0 Å². The normalized spacial score (nSPS) is 23.2. The van der Waals surface area contributed by atoms with Gasteiger partial charge in [-0.25, -0.2) is 0 Å². The highest BCUT2D eigenvalue weighted by molar-refractivity contribution is 5.83. The molecule has 4 atom stereocenters. The highest BCUT2D eigenvalue weighted by Crippen LogP contribution is 2.30. The molecule has 0 bridgehead atoms. The summed E-state index contributed by atoms with van der Waals surface area (Å²) in [7, 11) is 0. The Labute approximate surface area is 239 Å². The number of amides is 2. The number of aromatic nitrogens is 1. The second kappa shape index (κ2) is 13.5. The number of benzene rings is 1. The molecule has 8 heteroatoms. The van der Waals surface area contributed by atoms with Crippen LogP contribution in [0.15, 0.2) is 67.5 Å². The van der Waals surface area contributed by atoms with E-state index in [0.717, 1.165) is 31.5 Å². The molecule has 8 nitrogen and oxygen atoms in total. The lowest BCUT2D eigenvalue weighted by molar-refractivity contribution is -0.135. The summed E-state index contributed by atoms with van der Waals surface area (Å²) >= 11 is 0. The lowest BCUT2D eigenvalue weighted by Crippen LogP contribution is -2.62. The van der Waals surface area contributed by atoms with Gasteiger partial charge in [0.05, 0.1) is 6.10 Å². The van der Waals surface area contributed by atoms with Crippen LogP contribution in [0.1, 0.15) is 44.7 Å². The Balaban J connectivity index is 1.44. The van der Waals surface area contributed by atoms with Crippen molar-refractivity contribution in [1.29, 1.82) is 0 Å². The van der Waals surface area contributed by atoms with Crippen molar-refractivity contribution in [2.45, 2.75) is 70.3 Å². The number of nitrogens with zero attached hydrogens (tertiary/aromatic N) is 4. The number of nitrogens with one attached hydrogen (secondary N) is 1. The zero-order chi connectivity index (χ0) is 28.7. The lowest BCUT2D eigenvalue weighted by Gasteiger charge is -2.42. The molecule has 1 aromatic carbocycles. The Morgan fingerprint density at radius 3 is 2.58 bits per heavy atom. The lowest BCUT2D eigenvalue weighted by atomic mass is 9.97. The first-order valence-corrected chi connectivity index (χ1v) is 14.4. The van der Waals surface area contributed by atoms with Crippen LogP contribution in [-0.2, 0) is 22.6 Å². The number of hydrogen-bond donors (Lipinski definition) is 2. The SMILES string of the molecule is C=CCC1CC(Cc2ccccc2)N(CC(O)CN2CCN(Cc3cccnc3)CC2C(=O)NC(C)(C)C)C1=O. The van der Waals surface area contributed by atoms with Gasteiger partial charge in [0.2, 0.25) is 11.8 Å². The maximum atomic E-state index is 13.4. The molecule has 2 aliphatic rings. The first-order valence-electron chi connectivity index (χ1n) is 14.4. The Bertz CT molecular complexity index is 1120. The van der Waals surface area contributed by atoms with Crippen LogP contribution < -0.4 is 5.32 Å². The zero-order valence-corrected chi connectivity index (χ0v) is 24.2. The van der Waals surface area contributed by atoms with E-state index < -0.39 is 12.1 Å². The van der Waals surface area contributed by atoms with E-state index in [4.69, 9.17) is 0 Å². The van der Waals surface area contributed by atoms with E-state index in [1.165, 1.54) is 5.56 Å². The third-order valence-corrected chi connectivity index (χ3v) is 7.75. The van der Waals surface area contributed by atoms with Gasteiger partial charge < -0.3 is 15.3 Å². The van der Waals surface area contributed by atoms with Gasteiger partial charge >= 0.3 is 0 Å². The second-order valence-corrected chi connectivity index (χ2v) is 12.3. The van der Waals surface area contributed by atoms with E-state index in [0.29, 0.717) is 26.1 Å². The molecule has 40 heavy (non-hydrogen) atoms. The summed E-state index contributed by atoms with van der Waals surface area (Å²) < 4.78 is 0. The van der Waals surface area contributed by atoms with Gasteiger partial charge in [-0.15, -0.1) is 6.58 Å². The average molecular weight is 548 g/mol. The van der Waals surface area contributed by atoms with Gasteiger partial charge in [-0.1, -0.05) is 42.5 Å². The van der Waals surface area contributed by atoms with E-state index in [-0.39, 0.29) is 35.9 Å². The highest BCUT2D eigenvalue weighted by atomic mass is 16.3. The van der Waals surface area contributed by atoms with E-state index in [2.05, 4.69) is 38.8 Å². The van der Waals surface area contributed by atoms with E-state index in [9.17, 15) is 14.7 Å². The van der Waals surface area contributed by atoms with E-state index in [1.54, 1.807) is 6.20 Å². The summed E-state index contributed by atoms with van der Waals surface area (Å²) in [6, 6.07) is 13.8. The van der Waals surface area contributed by atoms with E-state index in [1.807, 2.05) is 68.3 Å². The molecular formula is C32H45N5O3. The van der Waals surface area contributed by atoms with Crippen LogP contribution >= 0.6 is 0 Å². The first-order chi connectivity index (χ1) is 19.1. The van der Waals surface area contributed by atoms with Gasteiger partial charge in [0.15, 0.2) is 0 Å². The molecule has 2 N–H and O–H groups in total. The summed E-state index contributed by atoms with van der Waals surface area (Å²) in [6.07, 6.45) is 6.83. The Morgan fingerprint density at radius 2 is 1.90 bits per heavy atom. The van der Waals surface area contributed by atoms with Crippen LogP contribution in [0.5, 0.6) is 0 Å². The number of allylic oxidation sites excluding steroid dienone is 1. The quantitative estimate of drug-likeness (QED) is 0.421. The van der Waals surface area contributed by atoms with Crippen LogP contribution in [0.3, 0.4) is 0 Å². The van der Waals surface area contributed by atoms with E-state index >= 15 is 0 Å². The minimum absolute atomic E-state index is 0.0332. The van der Waals surface area contributed by atoms with Crippen LogP contribution in [-0.4, -0.2) is 93.1 Å². The van der Waals surface area contributed by atoms with Crippen molar-refractivity contribution in [1.82, 2.24) is 25.0 Å². The van der Waals surface area contributed by atoms with Gasteiger partial charge in [0.1, 0.15) is 6.04 Å². The van der Waals surface area contributed by atoms with Crippen LogP contribution in [0.25, 0.3) is 0 Å². The van der Waals surface area contributed by atoms with Crippen molar-refractivity contribution in [3.63, 3.8) is 0 Å². The molecule has 0 spiro atoms. The molecule has 2 aromatic rings. The fourth-order valence-electron chi connectivity index (χ4n) is 5.93. The molecule has 4 rings (SSSR count). The molecule has 0 saturated carbocycles. The summed E-state index contributed by atoms with van der Waals surface area (Å²) in [5, 5.41) is 14.4. The third kappa shape index (κ3) is 8.22. The number of pyridine rings is 1. The molecule has 2 amide bonds. The number of β-amino-alcohol motifs (C(OH)–C–C–N with tert-alkyl or cyclic N) is 1. The Morgan fingerprint density at radius 1 is 1.15 bits per heavy atom. The molecule has 0 aliphatic carbocycles. The number of carbonyl (C=O) groups is 2. The second-order valence-electron chi connectivity index (χ2n) is 12.3. The zero-order valence-electron chi connectivity index (χ0n) is 24.2. The van der Waals surface area contributed by atoms with Gasteiger partial charge in [-0.2, -0.15) is 0 Å². The number of likely N-dealkylation sites (tertiary alicyclic amines) is 1. The van der Waals surface area contributed by atoms with Gasteiger partial charge in [0.25, 0.3) is 0 Å². The van der Waals surface area contributed by atoms with Gasteiger partial charge in [-0.3, -0.25) is 24.4 Å². The van der Waals surface area contributed by atoms with Crippen LogP contribution in [0.2, 0.25) is 0 Å². The monoisotopic (exact) mass is 547 g/mol. The van der Waals surface area contributed by atoms with Crippen molar-refractivity contribution in [2.75, 3.05) is 32.7 Å². The Kier molecular flexibility index (Phi) is 10.1. The maximum absolute atomic E-state index is 13.4. The van der Waals surface area contributed by atoms with Crippen molar-refractivity contribution in [2.24, 2.45) is 5.92 Å². The van der Waals surface area contributed by atoms with Crippen molar-refractivity contribution in [3.8, 4) is 0 Å². The minimum Gasteiger partial charge on any atom is -0.390 e. The van der Waals surface area contributed by atoms with Gasteiger partial charge in [-0.05, 0) is 57.2 Å². The van der Waals surface area contributed by atoms with Crippen molar-refractivity contribution >= 4 is 11.8 Å². The predicted molar refractivity (Wildman–Crippen MR) is 157 cm³/mol. The molecular weight excluding hydrogens is 502 g/mol. The summed E-state index contributed by atoms with van der Waals surface area (Å²) in [4.78, 5) is 37.2. The molecule has 216 valence electrons. The molecule has 4 unspecified atom stereocenters. The molecule has 2 saturated heterocycles. The summed E-state index contributed by atoms with van der Waals surface area (Å²) in [5.74, 6) is -0.0521.